The van der Waals surface area contributed by atoms with Gasteiger partial charge < -0.3 is 10.0 Å². The van der Waals surface area contributed by atoms with Crippen LogP contribution in [0.15, 0.2) is 28.7 Å². The first-order valence-corrected chi connectivity index (χ1v) is 7.58. The molecule has 4 nitrogen and oxygen atoms in total. The predicted molar refractivity (Wildman–Crippen MR) is 79.5 cm³/mol. The summed E-state index contributed by atoms with van der Waals surface area (Å²) in [6, 6.07) is 7.96. The van der Waals surface area contributed by atoms with Crippen molar-refractivity contribution >= 4 is 27.8 Å². The van der Waals surface area contributed by atoms with Gasteiger partial charge in [-0.15, -0.1) is 0 Å². The molecule has 0 bridgehead atoms. The first kappa shape index (κ1) is 15.0. The number of aliphatic carboxylic acids is 1. The standard InChI is InChI=1S/C15H18BrNO3/c1-2-6-17(9-14(18)19)15(20)13-8-12(13)10-4-3-5-11(16)7-10/h3-5,7,12-13H,2,6,8-9H2,1H3,(H,18,19). The lowest BCUT2D eigenvalue weighted by molar-refractivity contribution is -0.145. The van der Waals surface area contributed by atoms with Crippen LogP contribution in [0.3, 0.4) is 0 Å². The highest BCUT2D eigenvalue weighted by atomic mass is 79.9. The van der Waals surface area contributed by atoms with Gasteiger partial charge in [-0.05, 0) is 36.5 Å². The number of hydrogen-bond donors (Lipinski definition) is 1. The van der Waals surface area contributed by atoms with E-state index >= 15 is 0 Å². The Morgan fingerprint density at radius 1 is 1.45 bits per heavy atom. The summed E-state index contributed by atoms with van der Waals surface area (Å²) < 4.78 is 1.00. The Labute approximate surface area is 126 Å². The number of hydrogen-bond acceptors (Lipinski definition) is 2. The summed E-state index contributed by atoms with van der Waals surface area (Å²) in [5.41, 5.74) is 1.14. The minimum atomic E-state index is -0.952. The number of halogens is 1. The number of benzene rings is 1. The van der Waals surface area contributed by atoms with Crippen LogP contribution >= 0.6 is 15.9 Å². The molecule has 0 radical (unpaired) electrons. The Bertz CT molecular complexity index is 518. The van der Waals surface area contributed by atoms with Crippen LogP contribution in [-0.2, 0) is 9.59 Å². The molecule has 5 heteroatoms. The molecule has 1 saturated carbocycles. The van der Waals surface area contributed by atoms with Crippen molar-refractivity contribution in [3.63, 3.8) is 0 Å². The van der Waals surface area contributed by atoms with Crippen molar-refractivity contribution in [2.75, 3.05) is 13.1 Å². The minimum Gasteiger partial charge on any atom is -0.480 e. The van der Waals surface area contributed by atoms with Crippen LogP contribution in [0.4, 0.5) is 0 Å². The summed E-state index contributed by atoms with van der Waals surface area (Å²) in [4.78, 5) is 24.6. The lowest BCUT2D eigenvalue weighted by Gasteiger charge is -2.20. The number of carbonyl (C=O) groups is 2. The quantitative estimate of drug-likeness (QED) is 0.866. The van der Waals surface area contributed by atoms with E-state index < -0.39 is 5.97 Å². The second-order valence-electron chi connectivity index (χ2n) is 5.16. The van der Waals surface area contributed by atoms with Gasteiger partial charge in [-0.25, -0.2) is 0 Å². The molecule has 1 aliphatic rings. The van der Waals surface area contributed by atoms with Gasteiger partial charge in [-0.1, -0.05) is 35.0 Å². The molecule has 1 fully saturated rings. The van der Waals surface area contributed by atoms with Crippen molar-refractivity contribution in [2.45, 2.75) is 25.7 Å². The molecule has 1 aliphatic carbocycles. The molecular weight excluding hydrogens is 322 g/mol. The molecule has 1 aromatic carbocycles. The second-order valence-corrected chi connectivity index (χ2v) is 6.07. The van der Waals surface area contributed by atoms with Gasteiger partial charge in [-0.3, -0.25) is 9.59 Å². The van der Waals surface area contributed by atoms with Gasteiger partial charge >= 0.3 is 5.97 Å². The van der Waals surface area contributed by atoms with Gasteiger partial charge in [0.2, 0.25) is 5.91 Å². The van der Waals surface area contributed by atoms with Crippen LogP contribution in [0.1, 0.15) is 31.2 Å². The summed E-state index contributed by atoms with van der Waals surface area (Å²) in [6.45, 7) is 2.25. The van der Waals surface area contributed by atoms with Crippen LogP contribution in [0.25, 0.3) is 0 Å². The molecule has 0 spiro atoms. The summed E-state index contributed by atoms with van der Waals surface area (Å²) in [6.07, 6.45) is 1.59. The fraction of sp³-hybridized carbons (Fsp3) is 0.467. The van der Waals surface area contributed by atoms with Crippen molar-refractivity contribution in [1.82, 2.24) is 4.90 Å². The predicted octanol–water partition coefficient (Wildman–Crippen LogP) is 2.88. The second kappa shape index (κ2) is 6.39. The zero-order chi connectivity index (χ0) is 14.7. The first-order valence-electron chi connectivity index (χ1n) is 6.79. The zero-order valence-corrected chi connectivity index (χ0v) is 13.0. The largest absolute Gasteiger partial charge is 0.480 e. The molecule has 108 valence electrons. The van der Waals surface area contributed by atoms with E-state index in [1.165, 1.54) is 4.90 Å². The van der Waals surface area contributed by atoms with Crippen LogP contribution in [0, 0.1) is 5.92 Å². The molecule has 20 heavy (non-hydrogen) atoms. The van der Waals surface area contributed by atoms with Crippen LogP contribution in [0.2, 0.25) is 0 Å². The van der Waals surface area contributed by atoms with Crippen molar-refractivity contribution in [3.05, 3.63) is 34.3 Å². The van der Waals surface area contributed by atoms with Gasteiger partial charge in [0, 0.05) is 16.9 Å². The lowest BCUT2D eigenvalue weighted by Crippen LogP contribution is -2.37. The molecule has 0 heterocycles. The highest BCUT2D eigenvalue weighted by Gasteiger charge is 2.45. The summed E-state index contributed by atoms with van der Waals surface area (Å²) in [7, 11) is 0. The van der Waals surface area contributed by atoms with Crippen LogP contribution in [0.5, 0.6) is 0 Å². The monoisotopic (exact) mass is 339 g/mol. The van der Waals surface area contributed by atoms with Gasteiger partial charge in [0.25, 0.3) is 0 Å². The molecule has 2 atom stereocenters. The Balaban J connectivity index is 2.02. The molecule has 1 amide bonds. The Morgan fingerprint density at radius 2 is 2.20 bits per heavy atom. The average Bonchev–Trinajstić information content (AvgIpc) is 3.17. The maximum atomic E-state index is 12.4. The van der Waals surface area contributed by atoms with E-state index in [0.29, 0.717) is 6.54 Å². The van der Waals surface area contributed by atoms with Gasteiger partial charge in [0.1, 0.15) is 6.54 Å². The summed E-state index contributed by atoms with van der Waals surface area (Å²) >= 11 is 3.43. The third-order valence-electron chi connectivity index (χ3n) is 3.52. The number of carboxylic acid groups (broad SMARTS) is 1. The molecule has 0 aromatic heterocycles. The molecule has 1 aromatic rings. The van der Waals surface area contributed by atoms with Gasteiger partial charge in [0.15, 0.2) is 0 Å². The Hall–Kier alpha value is -1.36. The normalized spacial score (nSPS) is 20.5. The maximum absolute atomic E-state index is 12.4. The van der Waals surface area contributed by atoms with Crippen LogP contribution in [-0.4, -0.2) is 35.0 Å². The van der Waals surface area contributed by atoms with E-state index in [0.717, 1.165) is 22.9 Å². The third-order valence-corrected chi connectivity index (χ3v) is 4.01. The highest BCUT2D eigenvalue weighted by Crippen LogP contribution is 2.48. The van der Waals surface area contributed by atoms with E-state index in [2.05, 4.69) is 15.9 Å². The van der Waals surface area contributed by atoms with Crippen molar-refractivity contribution in [3.8, 4) is 0 Å². The van der Waals surface area contributed by atoms with E-state index in [9.17, 15) is 9.59 Å². The fourth-order valence-electron chi connectivity index (χ4n) is 2.51. The van der Waals surface area contributed by atoms with E-state index in [1.807, 2.05) is 31.2 Å². The number of carbonyl (C=O) groups excluding carboxylic acids is 1. The molecular formula is C15H18BrNO3. The first-order chi connectivity index (χ1) is 9.52. The SMILES string of the molecule is CCCN(CC(=O)O)C(=O)C1CC1c1cccc(Br)c1. The Morgan fingerprint density at radius 3 is 2.80 bits per heavy atom. The molecule has 1 N–H and O–H groups in total. The third kappa shape index (κ3) is 3.60. The number of rotatable bonds is 6. The Kier molecular flexibility index (Phi) is 4.81. The highest BCUT2D eigenvalue weighted by molar-refractivity contribution is 9.10. The lowest BCUT2D eigenvalue weighted by atomic mass is 10.1. The zero-order valence-electron chi connectivity index (χ0n) is 11.4. The minimum absolute atomic E-state index is 0.0285. The van der Waals surface area contributed by atoms with Crippen molar-refractivity contribution in [2.24, 2.45) is 5.92 Å². The van der Waals surface area contributed by atoms with Crippen molar-refractivity contribution < 1.29 is 14.7 Å². The number of nitrogens with zero attached hydrogens (tertiary/aromatic N) is 1. The smallest absolute Gasteiger partial charge is 0.323 e. The summed E-state index contributed by atoms with van der Waals surface area (Å²) in [5.74, 6) is -0.811. The molecule has 2 rings (SSSR count). The van der Waals surface area contributed by atoms with Crippen LogP contribution < -0.4 is 0 Å². The maximum Gasteiger partial charge on any atom is 0.323 e. The van der Waals surface area contributed by atoms with Crippen molar-refractivity contribution in [1.29, 1.82) is 0 Å². The average molecular weight is 340 g/mol. The molecule has 0 aliphatic heterocycles. The molecule has 0 saturated heterocycles. The van der Waals surface area contributed by atoms with E-state index in [4.69, 9.17) is 5.11 Å². The molecule has 2 unspecified atom stereocenters. The fourth-order valence-corrected chi connectivity index (χ4v) is 2.93. The number of carboxylic acids is 1. The topological polar surface area (TPSA) is 57.6 Å². The van der Waals surface area contributed by atoms with E-state index in [-0.39, 0.29) is 24.3 Å². The summed E-state index contributed by atoms with van der Waals surface area (Å²) in [5, 5.41) is 8.88. The van der Waals surface area contributed by atoms with E-state index in [1.54, 1.807) is 0 Å². The number of amides is 1. The van der Waals surface area contributed by atoms with Gasteiger partial charge in [-0.2, -0.15) is 0 Å². The van der Waals surface area contributed by atoms with Gasteiger partial charge in [0.05, 0.1) is 0 Å².